The molecule has 6 nitrogen and oxygen atoms in total. The van der Waals surface area contributed by atoms with Crippen molar-refractivity contribution in [2.24, 2.45) is 0 Å². The third-order valence-corrected chi connectivity index (χ3v) is 3.64. The maximum absolute atomic E-state index is 11.2. The van der Waals surface area contributed by atoms with Gasteiger partial charge < -0.3 is 10.6 Å². The second-order valence-electron chi connectivity index (χ2n) is 3.63. The van der Waals surface area contributed by atoms with Crippen LogP contribution in [0.3, 0.4) is 0 Å². The summed E-state index contributed by atoms with van der Waals surface area (Å²) in [6.07, 6.45) is -0.552. The fourth-order valence-corrected chi connectivity index (χ4v) is 2.67. The van der Waals surface area contributed by atoms with Crippen molar-refractivity contribution in [3.05, 3.63) is 46.0 Å². The summed E-state index contributed by atoms with van der Waals surface area (Å²) in [5.74, 6) is 0. The molecule has 0 aromatic heterocycles. The number of benzene rings is 1. The molecule has 1 aliphatic carbocycles. The number of fused-ring (bicyclic) bond motifs is 1. The van der Waals surface area contributed by atoms with E-state index in [-0.39, 0.29) is 21.9 Å². The molecule has 2 rings (SSSR count). The molecule has 1 atom stereocenters. The van der Waals surface area contributed by atoms with E-state index in [4.69, 9.17) is 21.7 Å². The summed E-state index contributed by atoms with van der Waals surface area (Å²) in [5, 5.41) is 9.89. The summed E-state index contributed by atoms with van der Waals surface area (Å²) in [7, 11) is -4.51. The number of aliphatic hydroxyl groups excluding tert-OH is 1. The van der Waals surface area contributed by atoms with Crippen molar-refractivity contribution in [3.63, 3.8) is 0 Å². The minimum atomic E-state index is -4.51. The summed E-state index contributed by atoms with van der Waals surface area (Å²) in [4.78, 5) is 2.45. The maximum atomic E-state index is 11.2. The van der Waals surface area contributed by atoms with Gasteiger partial charge >= 0.3 is 5.71 Å². The second-order valence-corrected chi connectivity index (χ2v) is 5.45. The summed E-state index contributed by atoms with van der Waals surface area (Å²) >= 11 is 5.75. The van der Waals surface area contributed by atoms with Gasteiger partial charge in [-0.2, -0.15) is 13.2 Å². The fourth-order valence-electron chi connectivity index (χ4n) is 1.75. The minimum absolute atomic E-state index is 0.0723. The molecule has 2 N–H and O–H groups in total. The molecule has 1 aromatic rings. The first-order valence-electron chi connectivity index (χ1n) is 4.74. The van der Waals surface area contributed by atoms with E-state index in [1.807, 2.05) is 0 Å². The average Bonchev–Trinajstić information content (AvgIpc) is 2.27. The fraction of sp³-hybridized carbons (Fsp3) is 0.100. The molecule has 0 fully saturated rings. The van der Waals surface area contributed by atoms with E-state index in [1.165, 1.54) is 18.2 Å². The molecule has 18 heavy (non-hydrogen) atoms. The van der Waals surface area contributed by atoms with Crippen LogP contribution >= 0.6 is 11.6 Å². The van der Waals surface area contributed by atoms with Crippen LogP contribution in [0.25, 0.3) is 10.4 Å². The standard InChI is InChI=1S/C10H7ClN2O4S/c11-5-1-2-6-7(3-5)9(18(15,16)17)4-8(14)10(6)13-12/h1-4,8,14H,(H,15,16,17). The maximum Gasteiger partial charge on any atom is 0.331 e. The molecular weight excluding hydrogens is 280 g/mol. The van der Waals surface area contributed by atoms with E-state index in [9.17, 15) is 13.5 Å². The van der Waals surface area contributed by atoms with Gasteiger partial charge in [-0.25, -0.2) is 0 Å². The van der Waals surface area contributed by atoms with Gasteiger partial charge in [0.25, 0.3) is 10.1 Å². The van der Waals surface area contributed by atoms with Crippen LogP contribution in [-0.4, -0.2) is 34.7 Å². The normalized spacial score (nSPS) is 18.9. The lowest BCUT2D eigenvalue weighted by molar-refractivity contribution is -0.0158. The van der Waals surface area contributed by atoms with Gasteiger partial charge in [0.1, 0.15) is 4.91 Å². The van der Waals surface area contributed by atoms with E-state index in [1.54, 1.807) is 0 Å². The molecule has 0 amide bonds. The largest absolute Gasteiger partial charge is 0.377 e. The third kappa shape index (κ3) is 2.10. The molecule has 1 aromatic carbocycles. The van der Waals surface area contributed by atoms with E-state index < -0.39 is 21.1 Å². The quantitative estimate of drug-likeness (QED) is 0.455. The monoisotopic (exact) mass is 286 g/mol. The van der Waals surface area contributed by atoms with Gasteiger partial charge in [-0.05, 0) is 24.3 Å². The molecule has 0 saturated heterocycles. The van der Waals surface area contributed by atoms with Crippen LogP contribution in [0.4, 0.5) is 0 Å². The van der Waals surface area contributed by atoms with Gasteiger partial charge in [0.2, 0.25) is 0 Å². The summed E-state index contributed by atoms with van der Waals surface area (Å²) < 4.78 is 31.6. The lowest BCUT2D eigenvalue weighted by Crippen LogP contribution is -2.27. The van der Waals surface area contributed by atoms with Crippen molar-refractivity contribution in [1.82, 2.24) is 0 Å². The molecule has 0 radical (unpaired) electrons. The Labute approximate surface area is 108 Å². The molecule has 0 saturated carbocycles. The van der Waals surface area contributed by atoms with Crippen molar-refractivity contribution in [2.75, 3.05) is 0 Å². The number of nitrogens with zero attached hydrogens (tertiary/aromatic N) is 2. The molecule has 0 bridgehead atoms. The Morgan fingerprint density at radius 3 is 2.56 bits per heavy atom. The first-order chi connectivity index (χ1) is 8.34. The van der Waals surface area contributed by atoms with Gasteiger partial charge in [-0.15, -0.1) is 0 Å². The van der Waals surface area contributed by atoms with Crippen LogP contribution in [0.5, 0.6) is 0 Å². The van der Waals surface area contributed by atoms with Crippen molar-refractivity contribution < 1.29 is 22.9 Å². The summed E-state index contributed by atoms with van der Waals surface area (Å²) in [6.45, 7) is 0. The van der Waals surface area contributed by atoms with E-state index >= 15 is 0 Å². The molecule has 0 aliphatic heterocycles. The summed E-state index contributed by atoms with van der Waals surface area (Å²) in [5.41, 5.74) is 8.96. The predicted octanol–water partition coefficient (Wildman–Crippen LogP) is 0.962. The number of hydrogen-bond donors (Lipinski definition) is 2. The number of rotatable bonds is 1. The Morgan fingerprint density at radius 2 is 2.00 bits per heavy atom. The Kier molecular flexibility index (Phi) is 3.10. The van der Waals surface area contributed by atoms with E-state index in [0.29, 0.717) is 0 Å². The lowest BCUT2D eigenvalue weighted by Gasteiger charge is -2.16. The van der Waals surface area contributed by atoms with Crippen molar-refractivity contribution >= 4 is 32.3 Å². The Morgan fingerprint density at radius 1 is 1.33 bits per heavy atom. The highest BCUT2D eigenvalue weighted by Crippen LogP contribution is 2.31. The average molecular weight is 287 g/mol. The first kappa shape index (κ1) is 12.9. The van der Waals surface area contributed by atoms with Gasteiger partial charge in [0.15, 0.2) is 6.10 Å². The zero-order chi connectivity index (χ0) is 13.5. The Bertz CT molecular complexity index is 705. The smallest absolute Gasteiger partial charge is 0.331 e. The van der Waals surface area contributed by atoms with Crippen LogP contribution in [0.2, 0.25) is 5.02 Å². The van der Waals surface area contributed by atoms with E-state index in [0.717, 1.165) is 6.08 Å². The van der Waals surface area contributed by atoms with Crippen LogP contribution < -0.4 is 0 Å². The van der Waals surface area contributed by atoms with Crippen LogP contribution in [0, 0.1) is 0 Å². The highest BCUT2D eigenvalue weighted by atomic mass is 35.5. The number of halogens is 1. The molecular formula is C10H7ClN2O4S. The van der Waals surface area contributed by atoms with Crippen molar-refractivity contribution in [1.29, 1.82) is 0 Å². The van der Waals surface area contributed by atoms with E-state index in [2.05, 4.69) is 4.79 Å². The van der Waals surface area contributed by atoms with Crippen LogP contribution in [0.15, 0.2) is 24.3 Å². The highest BCUT2D eigenvalue weighted by Gasteiger charge is 2.35. The number of aliphatic hydroxyl groups is 1. The topological polar surface area (TPSA) is 111 Å². The Hall–Kier alpha value is -1.50. The van der Waals surface area contributed by atoms with Gasteiger partial charge in [0.05, 0.1) is 5.56 Å². The molecule has 1 unspecified atom stereocenters. The SMILES string of the molecule is [N-]=[N+]=C1c2ccc(Cl)cc2C(S(=O)(=O)O)=CC1O. The molecule has 1 aliphatic rings. The van der Waals surface area contributed by atoms with Crippen LogP contribution in [-0.2, 0) is 10.1 Å². The molecule has 8 heteroatoms. The highest BCUT2D eigenvalue weighted by molar-refractivity contribution is 7.95. The lowest BCUT2D eigenvalue weighted by atomic mass is 9.93. The molecule has 94 valence electrons. The summed E-state index contributed by atoms with van der Waals surface area (Å²) in [6, 6.07) is 4.15. The van der Waals surface area contributed by atoms with Gasteiger partial charge in [0, 0.05) is 10.6 Å². The number of hydrogen-bond acceptors (Lipinski definition) is 3. The molecule has 0 spiro atoms. The first-order valence-corrected chi connectivity index (χ1v) is 6.56. The van der Waals surface area contributed by atoms with Crippen molar-refractivity contribution in [2.45, 2.75) is 6.10 Å². The molecule has 0 heterocycles. The van der Waals surface area contributed by atoms with Crippen LogP contribution in [0.1, 0.15) is 11.1 Å². The van der Waals surface area contributed by atoms with Gasteiger partial charge in [-0.3, -0.25) is 4.55 Å². The third-order valence-electron chi connectivity index (χ3n) is 2.50. The van der Waals surface area contributed by atoms with Gasteiger partial charge in [-0.1, -0.05) is 11.6 Å². The second kappa shape index (κ2) is 4.31. The Balaban J connectivity index is 2.83. The zero-order valence-electron chi connectivity index (χ0n) is 8.78. The van der Waals surface area contributed by atoms with Crippen molar-refractivity contribution in [3.8, 4) is 0 Å². The minimum Gasteiger partial charge on any atom is -0.377 e. The zero-order valence-corrected chi connectivity index (χ0v) is 10.4. The predicted molar refractivity (Wildman–Crippen MR) is 64.7 cm³/mol.